The third kappa shape index (κ3) is 4.06. The van der Waals surface area contributed by atoms with E-state index in [1.54, 1.807) is 36.5 Å². The highest BCUT2D eigenvalue weighted by Gasteiger charge is 2.10. The number of hydrogen-bond acceptors (Lipinski definition) is 3. The van der Waals surface area contributed by atoms with Crippen LogP contribution >= 0.6 is 23.2 Å². The van der Waals surface area contributed by atoms with Crippen molar-refractivity contribution in [3.8, 4) is 6.07 Å². The van der Waals surface area contributed by atoms with Crippen molar-refractivity contribution in [1.29, 1.82) is 5.26 Å². The summed E-state index contributed by atoms with van der Waals surface area (Å²) < 4.78 is 0. The summed E-state index contributed by atoms with van der Waals surface area (Å²) in [4.78, 5) is 15.9. The molecule has 6 heteroatoms. The van der Waals surface area contributed by atoms with Crippen LogP contribution in [0.5, 0.6) is 0 Å². The Hall–Kier alpha value is -2.35. The van der Waals surface area contributed by atoms with Gasteiger partial charge in [-0.25, -0.2) is 0 Å². The molecule has 0 unspecified atom stereocenters. The van der Waals surface area contributed by atoms with Gasteiger partial charge in [0.2, 0.25) is 0 Å². The molecule has 2 rings (SSSR count). The van der Waals surface area contributed by atoms with Crippen molar-refractivity contribution in [2.75, 3.05) is 5.32 Å². The smallest absolute Gasteiger partial charge is 0.266 e. The number of hydrogen-bond donors (Lipinski definition) is 1. The van der Waals surface area contributed by atoms with Crippen molar-refractivity contribution >= 4 is 40.9 Å². The van der Waals surface area contributed by atoms with Crippen LogP contribution in [0.3, 0.4) is 0 Å². The monoisotopic (exact) mass is 317 g/mol. The molecular formula is C15H9Cl2N3O. The molecule has 1 N–H and O–H groups in total. The summed E-state index contributed by atoms with van der Waals surface area (Å²) in [5, 5.41) is 12.5. The molecular weight excluding hydrogens is 309 g/mol. The van der Waals surface area contributed by atoms with Crippen LogP contribution in [0.2, 0.25) is 10.0 Å². The molecule has 1 amide bonds. The fourth-order valence-electron chi connectivity index (χ4n) is 1.55. The molecule has 1 heterocycles. The minimum atomic E-state index is -0.517. The lowest BCUT2D eigenvalue weighted by molar-refractivity contribution is -0.112. The van der Waals surface area contributed by atoms with E-state index in [-0.39, 0.29) is 5.57 Å². The highest BCUT2D eigenvalue weighted by Crippen LogP contribution is 2.23. The molecule has 0 aliphatic heterocycles. The number of carbonyl (C=O) groups excluding carboxylic acids is 1. The highest BCUT2D eigenvalue weighted by atomic mass is 35.5. The molecule has 21 heavy (non-hydrogen) atoms. The average molecular weight is 318 g/mol. The van der Waals surface area contributed by atoms with E-state index in [0.717, 1.165) is 0 Å². The lowest BCUT2D eigenvalue weighted by Crippen LogP contribution is -2.13. The van der Waals surface area contributed by atoms with E-state index in [2.05, 4.69) is 10.3 Å². The molecule has 0 saturated carbocycles. The number of carbonyl (C=O) groups is 1. The molecule has 1 aromatic carbocycles. The van der Waals surface area contributed by atoms with Crippen LogP contribution in [0.15, 0.2) is 48.3 Å². The number of rotatable bonds is 3. The van der Waals surface area contributed by atoms with Crippen molar-refractivity contribution in [3.63, 3.8) is 0 Å². The normalized spacial score (nSPS) is 10.8. The summed E-state index contributed by atoms with van der Waals surface area (Å²) in [6.07, 6.45) is 4.52. The summed E-state index contributed by atoms with van der Waals surface area (Å²) >= 11 is 11.7. The molecule has 0 saturated heterocycles. The molecule has 0 fully saturated rings. The minimum absolute atomic E-state index is 0.0442. The largest absolute Gasteiger partial charge is 0.320 e. The summed E-state index contributed by atoms with van der Waals surface area (Å²) in [5.74, 6) is -0.517. The van der Waals surface area contributed by atoms with Crippen LogP contribution in [0.1, 0.15) is 5.56 Å². The molecule has 0 aliphatic rings. The standard InChI is InChI=1S/C15H9Cl2N3O/c16-13-4-3-10(7-14(13)17)6-11(8-18)15(21)20-12-2-1-5-19-9-12/h1-7,9H,(H,20,21)/b11-6+. The maximum Gasteiger partial charge on any atom is 0.266 e. The van der Waals surface area contributed by atoms with Gasteiger partial charge in [0.15, 0.2) is 0 Å². The fraction of sp³-hybridized carbons (Fsp3) is 0. The number of aromatic nitrogens is 1. The molecule has 4 nitrogen and oxygen atoms in total. The Morgan fingerprint density at radius 3 is 2.71 bits per heavy atom. The van der Waals surface area contributed by atoms with Gasteiger partial charge in [-0.1, -0.05) is 29.3 Å². The van der Waals surface area contributed by atoms with E-state index >= 15 is 0 Å². The Kier molecular flexibility index (Phi) is 4.94. The number of anilines is 1. The number of pyridine rings is 1. The second-order valence-corrected chi connectivity index (χ2v) is 4.85. The van der Waals surface area contributed by atoms with Gasteiger partial charge in [-0.15, -0.1) is 0 Å². The molecule has 0 spiro atoms. The first-order valence-electron chi connectivity index (χ1n) is 5.88. The summed E-state index contributed by atoms with van der Waals surface area (Å²) in [6, 6.07) is 10.1. The number of nitriles is 1. The van der Waals surface area contributed by atoms with Gasteiger partial charge in [0.25, 0.3) is 5.91 Å². The van der Waals surface area contributed by atoms with Crippen molar-refractivity contribution < 1.29 is 4.79 Å². The van der Waals surface area contributed by atoms with E-state index in [9.17, 15) is 4.79 Å². The number of benzene rings is 1. The summed E-state index contributed by atoms with van der Waals surface area (Å²) in [5.41, 5.74) is 1.08. The second kappa shape index (κ2) is 6.89. The molecule has 2 aromatic rings. The van der Waals surface area contributed by atoms with E-state index < -0.39 is 5.91 Å². The van der Waals surface area contributed by atoms with E-state index in [0.29, 0.717) is 21.3 Å². The van der Waals surface area contributed by atoms with Gasteiger partial charge in [-0.2, -0.15) is 5.26 Å². The quantitative estimate of drug-likeness (QED) is 0.689. The molecule has 0 bridgehead atoms. The van der Waals surface area contributed by atoms with Gasteiger partial charge in [0.05, 0.1) is 21.9 Å². The maximum absolute atomic E-state index is 12.0. The zero-order chi connectivity index (χ0) is 15.2. The number of nitrogens with zero attached hydrogens (tertiary/aromatic N) is 2. The van der Waals surface area contributed by atoms with Gasteiger partial charge >= 0.3 is 0 Å². The van der Waals surface area contributed by atoms with Crippen LogP contribution in [0.25, 0.3) is 6.08 Å². The number of amides is 1. The first kappa shape index (κ1) is 15.0. The lowest BCUT2D eigenvalue weighted by atomic mass is 10.1. The van der Waals surface area contributed by atoms with E-state index in [1.165, 1.54) is 12.3 Å². The Bertz CT molecular complexity index is 736. The third-order valence-electron chi connectivity index (χ3n) is 2.54. The van der Waals surface area contributed by atoms with Gasteiger partial charge < -0.3 is 5.32 Å². The van der Waals surface area contributed by atoms with Crippen LogP contribution in [-0.4, -0.2) is 10.9 Å². The van der Waals surface area contributed by atoms with Crippen molar-refractivity contribution in [2.24, 2.45) is 0 Å². The lowest BCUT2D eigenvalue weighted by Gasteiger charge is -2.03. The Balaban J connectivity index is 2.22. The van der Waals surface area contributed by atoms with Crippen molar-refractivity contribution in [1.82, 2.24) is 4.98 Å². The van der Waals surface area contributed by atoms with Gasteiger partial charge in [-0.05, 0) is 35.9 Å². The van der Waals surface area contributed by atoms with Gasteiger partial charge in [-0.3, -0.25) is 9.78 Å². The van der Waals surface area contributed by atoms with Crippen LogP contribution < -0.4 is 5.32 Å². The summed E-state index contributed by atoms with van der Waals surface area (Å²) in [7, 11) is 0. The molecule has 0 atom stereocenters. The van der Waals surface area contributed by atoms with Crippen molar-refractivity contribution in [2.45, 2.75) is 0 Å². The number of halogens is 2. The molecule has 0 radical (unpaired) electrons. The maximum atomic E-state index is 12.0. The molecule has 0 aliphatic carbocycles. The van der Waals surface area contributed by atoms with Crippen LogP contribution in [-0.2, 0) is 4.79 Å². The third-order valence-corrected chi connectivity index (χ3v) is 3.28. The zero-order valence-electron chi connectivity index (χ0n) is 10.7. The number of nitrogens with one attached hydrogen (secondary N) is 1. The SMILES string of the molecule is N#C/C(=C\c1ccc(Cl)c(Cl)c1)C(=O)Nc1cccnc1. The minimum Gasteiger partial charge on any atom is -0.320 e. The summed E-state index contributed by atoms with van der Waals surface area (Å²) in [6.45, 7) is 0. The fourth-order valence-corrected chi connectivity index (χ4v) is 1.86. The highest BCUT2D eigenvalue weighted by molar-refractivity contribution is 6.42. The second-order valence-electron chi connectivity index (χ2n) is 4.04. The average Bonchev–Trinajstić information content (AvgIpc) is 2.49. The van der Waals surface area contributed by atoms with E-state index in [1.807, 2.05) is 6.07 Å². The van der Waals surface area contributed by atoms with Crippen LogP contribution in [0, 0.1) is 11.3 Å². The predicted octanol–water partition coefficient (Wildman–Crippen LogP) is 3.93. The van der Waals surface area contributed by atoms with E-state index in [4.69, 9.17) is 28.5 Å². The zero-order valence-corrected chi connectivity index (χ0v) is 12.2. The first-order valence-corrected chi connectivity index (χ1v) is 6.64. The Labute approximate surface area is 131 Å². The first-order chi connectivity index (χ1) is 10.1. The van der Waals surface area contributed by atoms with Gasteiger partial charge in [0, 0.05) is 6.20 Å². The Morgan fingerprint density at radius 2 is 2.10 bits per heavy atom. The predicted molar refractivity (Wildman–Crippen MR) is 82.9 cm³/mol. The molecule has 1 aromatic heterocycles. The van der Waals surface area contributed by atoms with Crippen LogP contribution in [0.4, 0.5) is 5.69 Å². The molecule has 104 valence electrons. The Morgan fingerprint density at radius 1 is 1.29 bits per heavy atom. The van der Waals surface area contributed by atoms with Crippen molar-refractivity contribution in [3.05, 3.63) is 63.9 Å². The topological polar surface area (TPSA) is 65.8 Å². The van der Waals surface area contributed by atoms with Gasteiger partial charge in [0.1, 0.15) is 11.6 Å².